The van der Waals surface area contributed by atoms with Crippen molar-refractivity contribution < 1.29 is 4.74 Å². The molecule has 1 unspecified atom stereocenters. The average molecular weight is 228 g/mol. The van der Waals surface area contributed by atoms with Crippen molar-refractivity contribution in [3.05, 3.63) is 0 Å². The maximum atomic E-state index is 5.64. The van der Waals surface area contributed by atoms with E-state index >= 15 is 0 Å². The predicted octanol–water partition coefficient (Wildman–Crippen LogP) is 1.88. The van der Waals surface area contributed by atoms with Crippen molar-refractivity contribution in [3.63, 3.8) is 0 Å². The van der Waals surface area contributed by atoms with Gasteiger partial charge in [-0.05, 0) is 27.2 Å². The van der Waals surface area contributed by atoms with Gasteiger partial charge in [0.05, 0.1) is 6.61 Å². The Labute approximate surface area is 101 Å². The smallest absolute Gasteiger partial charge is 0.0593 e. The van der Waals surface area contributed by atoms with Gasteiger partial charge in [-0.1, -0.05) is 13.3 Å². The normalized spacial score (nSPS) is 25.9. The molecule has 1 aliphatic heterocycles. The maximum absolute atomic E-state index is 5.64. The Bertz CT molecular complexity index is 194. The molecule has 1 heterocycles. The van der Waals surface area contributed by atoms with Gasteiger partial charge in [0.25, 0.3) is 0 Å². The summed E-state index contributed by atoms with van der Waals surface area (Å²) in [4.78, 5) is 2.54. The monoisotopic (exact) mass is 228 g/mol. The van der Waals surface area contributed by atoms with E-state index in [4.69, 9.17) is 4.74 Å². The molecular formula is C13H28N2O. The van der Waals surface area contributed by atoms with E-state index in [9.17, 15) is 0 Å². The molecule has 1 N–H and O–H groups in total. The molecular weight excluding hydrogens is 200 g/mol. The summed E-state index contributed by atoms with van der Waals surface area (Å²) in [5, 5.41) is 3.53. The SMILES string of the molecule is CCCCOCCN1CC(C)NCC1(C)C. The van der Waals surface area contributed by atoms with E-state index in [2.05, 4.69) is 37.9 Å². The minimum Gasteiger partial charge on any atom is -0.380 e. The fourth-order valence-electron chi connectivity index (χ4n) is 2.10. The van der Waals surface area contributed by atoms with Gasteiger partial charge in [-0.15, -0.1) is 0 Å². The van der Waals surface area contributed by atoms with Crippen LogP contribution in [0.3, 0.4) is 0 Å². The fraction of sp³-hybridized carbons (Fsp3) is 1.00. The average Bonchev–Trinajstić information content (AvgIpc) is 2.23. The molecule has 0 aromatic rings. The lowest BCUT2D eigenvalue weighted by atomic mass is 9.98. The van der Waals surface area contributed by atoms with Gasteiger partial charge in [0.1, 0.15) is 0 Å². The summed E-state index contributed by atoms with van der Waals surface area (Å²) in [6, 6.07) is 0.601. The Morgan fingerprint density at radius 2 is 2.12 bits per heavy atom. The molecule has 0 spiro atoms. The number of rotatable bonds is 6. The van der Waals surface area contributed by atoms with E-state index in [0.29, 0.717) is 6.04 Å². The van der Waals surface area contributed by atoms with Gasteiger partial charge in [-0.2, -0.15) is 0 Å². The zero-order valence-electron chi connectivity index (χ0n) is 11.4. The summed E-state index contributed by atoms with van der Waals surface area (Å²) in [6.07, 6.45) is 2.40. The Kier molecular flexibility index (Phi) is 5.73. The number of hydrogen-bond donors (Lipinski definition) is 1. The summed E-state index contributed by atoms with van der Waals surface area (Å²) >= 11 is 0. The van der Waals surface area contributed by atoms with Gasteiger partial charge in [-0.3, -0.25) is 4.90 Å². The second-order valence-corrected chi connectivity index (χ2v) is 5.51. The quantitative estimate of drug-likeness (QED) is 0.703. The molecule has 0 aromatic heterocycles. The molecule has 0 aromatic carbocycles. The number of nitrogens with zero attached hydrogens (tertiary/aromatic N) is 1. The van der Waals surface area contributed by atoms with Crippen molar-refractivity contribution in [1.82, 2.24) is 10.2 Å². The van der Waals surface area contributed by atoms with Gasteiger partial charge >= 0.3 is 0 Å². The largest absolute Gasteiger partial charge is 0.380 e. The van der Waals surface area contributed by atoms with E-state index in [-0.39, 0.29) is 5.54 Å². The van der Waals surface area contributed by atoms with Crippen LogP contribution in [0.1, 0.15) is 40.5 Å². The van der Waals surface area contributed by atoms with E-state index in [1.54, 1.807) is 0 Å². The van der Waals surface area contributed by atoms with Crippen LogP contribution in [0.15, 0.2) is 0 Å². The molecule has 3 heteroatoms. The highest BCUT2D eigenvalue weighted by Gasteiger charge is 2.31. The van der Waals surface area contributed by atoms with E-state index < -0.39 is 0 Å². The van der Waals surface area contributed by atoms with Crippen molar-refractivity contribution in [3.8, 4) is 0 Å². The molecule has 1 atom stereocenters. The minimum absolute atomic E-state index is 0.265. The fourth-order valence-corrected chi connectivity index (χ4v) is 2.10. The van der Waals surface area contributed by atoms with Crippen LogP contribution in [0.25, 0.3) is 0 Å². The van der Waals surface area contributed by atoms with Crippen LogP contribution in [0.5, 0.6) is 0 Å². The van der Waals surface area contributed by atoms with Crippen LogP contribution in [0, 0.1) is 0 Å². The Balaban J connectivity index is 2.22. The van der Waals surface area contributed by atoms with Gasteiger partial charge in [0.2, 0.25) is 0 Å². The third-order valence-corrected chi connectivity index (χ3v) is 3.38. The highest BCUT2D eigenvalue weighted by Crippen LogP contribution is 2.17. The zero-order chi connectivity index (χ0) is 12.0. The lowest BCUT2D eigenvalue weighted by Gasteiger charge is -2.45. The third kappa shape index (κ3) is 4.40. The van der Waals surface area contributed by atoms with Crippen LogP contribution in [-0.4, -0.2) is 49.3 Å². The van der Waals surface area contributed by atoms with Crippen molar-refractivity contribution in [2.45, 2.75) is 52.1 Å². The Hall–Kier alpha value is -0.120. The summed E-state index contributed by atoms with van der Waals surface area (Å²) in [6.45, 7) is 14.1. The standard InChI is InChI=1S/C13H28N2O/c1-5-6-8-16-9-7-15-10-12(2)14-11-13(15,3)4/h12,14H,5-11H2,1-4H3. The molecule has 1 aliphatic rings. The molecule has 0 radical (unpaired) electrons. The summed E-state index contributed by atoms with van der Waals surface area (Å²) in [5.74, 6) is 0. The lowest BCUT2D eigenvalue weighted by Crippen LogP contribution is -2.61. The van der Waals surface area contributed by atoms with Crippen LogP contribution in [0.4, 0.5) is 0 Å². The predicted molar refractivity (Wildman–Crippen MR) is 68.8 cm³/mol. The molecule has 1 saturated heterocycles. The van der Waals surface area contributed by atoms with Crippen molar-refractivity contribution in [2.75, 3.05) is 32.8 Å². The second kappa shape index (κ2) is 6.58. The van der Waals surface area contributed by atoms with Crippen LogP contribution < -0.4 is 5.32 Å². The van der Waals surface area contributed by atoms with Gasteiger partial charge in [0.15, 0.2) is 0 Å². The second-order valence-electron chi connectivity index (χ2n) is 5.51. The van der Waals surface area contributed by atoms with Gasteiger partial charge < -0.3 is 10.1 Å². The van der Waals surface area contributed by atoms with E-state index in [0.717, 1.165) is 32.8 Å². The van der Waals surface area contributed by atoms with Crippen molar-refractivity contribution in [1.29, 1.82) is 0 Å². The molecule has 96 valence electrons. The first kappa shape index (κ1) is 13.9. The van der Waals surface area contributed by atoms with Crippen LogP contribution in [0.2, 0.25) is 0 Å². The Morgan fingerprint density at radius 1 is 1.38 bits per heavy atom. The molecule has 0 bridgehead atoms. The summed E-state index contributed by atoms with van der Waals surface area (Å²) in [7, 11) is 0. The first-order chi connectivity index (χ1) is 7.56. The topological polar surface area (TPSA) is 24.5 Å². The van der Waals surface area contributed by atoms with E-state index in [1.165, 1.54) is 12.8 Å². The maximum Gasteiger partial charge on any atom is 0.0593 e. The highest BCUT2D eigenvalue weighted by molar-refractivity contribution is 4.91. The summed E-state index contributed by atoms with van der Waals surface area (Å²) < 4.78 is 5.64. The Morgan fingerprint density at radius 3 is 2.81 bits per heavy atom. The molecule has 1 rings (SSSR count). The summed E-state index contributed by atoms with van der Waals surface area (Å²) in [5.41, 5.74) is 0.265. The number of nitrogens with one attached hydrogen (secondary N) is 1. The van der Waals surface area contributed by atoms with Gasteiger partial charge in [0, 0.05) is 37.8 Å². The number of piperazine rings is 1. The molecule has 3 nitrogen and oxygen atoms in total. The van der Waals surface area contributed by atoms with Crippen molar-refractivity contribution >= 4 is 0 Å². The lowest BCUT2D eigenvalue weighted by molar-refractivity contribution is 0.0306. The van der Waals surface area contributed by atoms with Crippen LogP contribution in [-0.2, 0) is 4.74 Å². The molecule has 0 amide bonds. The molecule has 0 aliphatic carbocycles. The first-order valence-corrected chi connectivity index (χ1v) is 6.62. The molecule has 1 fully saturated rings. The first-order valence-electron chi connectivity index (χ1n) is 6.62. The van der Waals surface area contributed by atoms with Gasteiger partial charge in [-0.25, -0.2) is 0 Å². The number of hydrogen-bond acceptors (Lipinski definition) is 3. The van der Waals surface area contributed by atoms with Crippen LogP contribution >= 0.6 is 0 Å². The minimum atomic E-state index is 0.265. The van der Waals surface area contributed by atoms with E-state index in [1.807, 2.05) is 0 Å². The third-order valence-electron chi connectivity index (χ3n) is 3.38. The molecule has 16 heavy (non-hydrogen) atoms. The number of unbranched alkanes of at least 4 members (excludes halogenated alkanes) is 1. The van der Waals surface area contributed by atoms with Crippen molar-refractivity contribution in [2.24, 2.45) is 0 Å². The molecule has 0 saturated carbocycles. The highest BCUT2D eigenvalue weighted by atomic mass is 16.5. The number of ether oxygens (including phenoxy) is 1. The zero-order valence-corrected chi connectivity index (χ0v) is 11.4.